The number of nitrogens with one attached hydrogen (secondary N) is 1. The van der Waals surface area contributed by atoms with Crippen molar-refractivity contribution in [3.63, 3.8) is 0 Å². The lowest BCUT2D eigenvalue weighted by Crippen LogP contribution is -2.29. The zero-order valence-electron chi connectivity index (χ0n) is 12.3. The standard InChI is InChI=1S/C17H13F2NO2S2/c18-13-8-9-14(19)16(11-13)24(21,22)20-17(15-7-4-10-23-15)12-5-2-1-3-6-12/h1-11,17,20H/t17-/m0/s1. The first-order valence-corrected chi connectivity index (χ1v) is 9.39. The largest absolute Gasteiger partial charge is 0.244 e. The average molecular weight is 365 g/mol. The Kier molecular flexibility index (Phi) is 4.75. The van der Waals surface area contributed by atoms with Crippen LogP contribution < -0.4 is 4.72 Å². The van der Waals surface area contributed by atoms with E-state index in [0.717, 1.165) is 17.0 Å². The summed E-state index contributed by atoms with van der Waals surface area (Å²) in [4.78, 5) is 0.0431. The molecule has 1 N–H and O–H groups in total. The van der Waals surface area contributed by atoms with Gasteiger partial charge in [0.05, 0.1) is 6.04 Å². The summed E-state index contributed by atoms with van der Waals surface area (Å²) >= 11 is 1.37. The first-order chi connectivity index (χ1) is 11.5. The highest BCUT2D eigenvalue weighted by Gasteiger charge is 2.26. The molecule has 0 amide bonds. The normalized spacial score (nSPS) is 12.9. The molecule has 24 heavy (non-hydrogen) atoms. The molecule has 3 aromatic rings. The van der Waals surface area contributed by atoms with Gasteiger partial charge in [0.2, 0.25) is 10.0 Å². The molecule has 2 aromatic carbocycles. The van der Waals surface area contributed by atoms with Crippen molar-refractivity contribution >= 4 is 21.4 Å². The maximum atomic E-state index is 13.9. The Morgan fingerprint density at radius 2 is 1.71 bits per heavy atom. The summed E-state index contributed by atoms with van der Waals surface area (Å²) in [6.45, 7) is 0. The molecule has 3 rings (SSSR count). The van der Waals surface area contributed by atoms with Crippen molar-refractivity contribution in [2.24, 2.45) is 0 Å². The Morgan fingerprint density at radius 3 is 2.38 bits per heavy atom. The number of rotatable bonds is 5. The van der Waals surface area contributed by atoms with Gasteiger partial charge in [0, 0.05) is 4.88 Å². The first-order valence-electron chi connectivity index (χ1n) is 7.03. The number of sulfonamides is 1. The van der Waals surface area contributed by atoms with Crippen LogP contribution in [0.15, 0.2) is 70.9 Å². The van der Waals surface area contributed by atoms with E-state index in [1.165, 1.54) is 11.3 Å². The monoisotopic (exact) mass is 365 g/mol. The second-order valence-electron chi connectivity index (χ2n) is 5.06. The molecule has 7 heteroatoms. The minimum atomic E-state index is -4.25. The highest BCUT2D eigenvalue weighted by molar-refractivity contribution is 7.89. The lowest BCUT2D eigenvalue weighted by atomic mass is 10.1. The van der Waals surface area contributed by atoms with Crippen LogP contribution in [0, 0.1) is 11.6 Å². The number of halogens is 2. The van der Waals surface area contributed by atoms with Gasteiger partial charge in [-0.25, -0.2) is 17.2 Å². The molecule has 1 heterocycles. The van der Waals surface area contributed by atoms with Crippen molar-refractivity contribution in [3.8, 4) is 0 Å². The maximum absolute atomic E-state index is 13.9. The molecule has 3 nitrogen and oxygen atoms in total. The molecule has 124 valence electrons. The van der Waals surface area contributed by atoms with E-state index >= 15 is 0 Å². The van der Waals surface area contributed by atoms with E-state index < -0.39 is 32.6 Å². The van der Waals surface area contributed by atoms with Gasteiger partial charge in [-0.05, 0) is 35.2 Å². The Labute approximate surface area is 142 Å². The van der Waals surface area contributed by atoms with Crippen molar-refractivity contribution in [2.75, 3.05) is 0 Å². The first kappa shape index (κ1) is 16.8. The summed E-state index contributed by atoms with van der Waals surface area (Å²) in [5.41, 5.74) is 0.709. The minimum absolute atomic E-state index is 0.675. The molecule has 1 atom stereocenters. The predicted molar refractivity (Wildman–Crippen MR) is 89.3 cm³/mol. The molecular formula is C17H13F2NO2S2. The summed E-state index contributed by atoms with van der Waals surface area (Å²) in [5.74, 6) is -1.81. The van der Waals surface area contributed by atoms with E-state index in [2.05, 4.69) is 4.72 Å². The van der Waals surface area contributed by atoms with Crippen molar-refractivity contribution in [1.82, 2.24) is 4.72 Å². The Morgan fingerprint density at radius 1 is 0.958 bits per heavy atom. The fraction of sp³-hybridized carbons (Fsp3) is 0.0588. The lowest BCUT2D eigenvalue weighted by Gasteiger charge is -2.18. The van der Waals surface area contributed by atoms with Crippen LogP contribution in [-0.2, 0) is 10.0 Å². The van der Waals surface area contributed by atoms with Gasteiger partial charge in [-0.15, -0.1) is 11.3 Å². The van der Waals surface area contributed by atoms with E-state index in [9.17, 15) is 17.2 Å². The van der Waals surface area contributed by atoms with Gasteiger partial charge < -0.3 is 0 Å². The third kappa shape index (κ3) is 3.53. The summed E-state index contributed by atoms with van der Waals surface area (Å²) in [5, 5.41) is 1.82. The van der Waals surface area contributed by atoms with Crippen molar-refractivity contribution in [3.05, 3.63) is 88.1 Å². The molecule has 0 aliphatic heterocycles. The van der Waals surface area contributed by atoms with Crippen LogP contribution in [0.2, 0.25) is 0 Å². The van der Waals surface area contributed by atoms with E-state index in [-0.39, 0.29) is 0 Å². The molecule has 0 unspecified atom stereocenters. The van der Waals surface area contributed by atoms with Gasteiger partial charge in [0.25, 0.3) is 0 Å². The number of hydrogen-bond acceptors (Lipinski definition) is 3. The van der Waals surface area contributed by atoms with Crippen molar-refractivity contribution < 1.29 is 17.2 Å². The highest BCUT2D eigenvalue weighted by atomic mass is 32.2. The summed E-state index contributed by atoms with van der Waals surface area (Å²) in [6, 6.07) is 14.2. The van der Waals surface area contributed by atoms with Crippen LogP contribution in [0.3, 0.4) is 0 Å². The molecule has 0 fully saturated rings. The highest BCUT2D eigenvalue weighted by Crippen LogP contribution is 2.28. The van der Waals surface area contributed by atoms with E-state index in [0.29, 0.717) is 11.6 Å². The molecule has 0 aliphatic carbocycles. The van der Waals surface area contributed by atoms with Crippen LogP contribution in [-0.4, -0.2) is 8.42 Å². The summed E-state index contributed by atoms with van der Waals surface area (Å²) in [6.07, 6.45) is 0. The van der Waals surface area contributed by atoms with Gasteiger partial charge in [-0.3, -0.25) is 0 Å². The van der Waals surface area contributed by atoms with Gasteiger partial charge in [0.15, 0.2) is 0 Å². The van der Waals surface area contributed by atoms with Crippen LogP contribution >= 0.6 is 11.3 Å². The Hall–Kier alpha value is -2.09. The zero-order valence-corrected chi connectivity index (χ0v) is 14.0. The molecule has 1 aromatic heterocycles. The number of thiophene rings is 1. The van der Waals surface area contributed by atoms with Gasteiger partial charge in [-0.2, -0.15) is 4.72 Å². The van der Waals surface area contributed by atoms with Gasteiger partial charge in [-0.1, -0.05) is 36.4 Å². The molecule has 0 saturated carbocycles. The van der Waals surface area contributed by atoms with E-state index in [1.54, 1.807) is 36.4 Å². The van der Waals surface area contributed by atoms with Crippen LogP contribution in [0.5, 0.6) is 0 Å². The van der Waals surface area contributed by atoms with E-state index in [1.807, 2.05) is 11.4 Å². The third-order valence-corrected chi connectivity index (χ3v) is 5.79. The zero-order chi connectivity index (χ0) is 17.2. The van der Waals surface area contributed by atoms with Gasteiger partial charge in [0.1, 0.15) is 16.5 Å². The SMILES string of the molecule is O=S(=O)(N[C@@H](c1ccccc1)c1cccs1)c1cc(F)ccc1F. The van der Waals surface area contributed by atoms with Crippen LogP contribution in [0.4, 0.5) is 8.78 Å². The fourth-order valence-corrected chi connectivity index (χ4v) is 4.46. The van der Waals surface area contributed by atoms with Crippen LogP contribution in [0.25, 0.3) is 0 Å². The topological polar surface area (TPSA) is 46.2 Å². The molecule has 0 saturated heterocycles. The molecule has 0 aliphatic rings. The Balaban J connectivity index is 2.03. The predicted octanol–water partition coefficient (Wildman–Crippen LogP) is 4.09. The van der Waals surface area contributed by atoms with Crippen LogP contribution in [0.1, 0.15) is 16.5 Å². The summed E-state index contributed by atoms with van der Waals surface area (Å²) < 4.78 is 54.8. The number of hydrogen-bond donors (Lipinski definition) is 1. The second kappa shape index (κ2) is 6.80. The quantitative estimate of drug-likeness (QED) is 0.740. The molecular weight excluding hydrogens is 352 g/mol. The average Bonchev–Trinajstić information content (AvgIpc) is 3.10. The lowest BCUT2D eigenvalue weighted by molar-refractivity contribution is 0.541. The van der Waals surface area contributed by atoms with Crippen molar-refractivity contribution in [2.45, 2.75) is 10.9 Å². The smallest absolute Gasteiger partial charge is 0.207 e. The number of benzene rings is 2. The fourth-order valence-electron chi connectivity index (χ4n) is 2.29. The van der Waals surface area contributed by atoms with Gasteiger partial charge >= 0.3 is 0 Å². The second-order valence-corrected chi connectivity index (χ2v) is 7.72. The minimum Gasteiger partial charge on any atom is -0.207 e. The third-order valence-electron chi connectivity index (χ3n) is 3.42. The summed E-state index contributed by atoms with van der Waals surface area (Å²) in [7, 11) is -4.25. The van der Waals surface area contributed by atoms with E-state index in [4.69, 9.17) is 0 Å². The Bertz CT molecular complexity index is 926. The molecule has 0 spiro atoms. The maximum Gasteiger partial charge on any atom is 0.244 e. The van der Waals surface area contributed by atoms with Crippen molar-refractivity contribution in [1.29, 1.82) is 0 Å². The molecule has 0 bridgehead atoms. The molecule has 0 radical (unpaired) electrons.